The molecule has 1 aromatic heterocycles. The molecule has 8 heteroatoms. The number of rotatable bonds is 5. The smallest absolute Gasteiger partial charge is 0.410 e. The Kier molecular flexibility index (Phi) is 7.77. The first-order valence-corrected chi connectivity index (χ1v) is 13.8. The van der Waals surface area contributed by atoms with Gasteiger partial charge in [-0.3, -0.25) is 9.69 Å². The number of para-hydroxylation sites is 1. The van der Waals surface area contributed by atoms with E-state index in [0.29, 0.717) is 30.1 Å². The number of carbonyl (C=O) groups is 2. The number of hydrogen-bond acceptors (Lipinski definition) is 5. The fourth-order valence-corrected chi connectivity index (χ4v) is 4.86. The maximum absolute atomic E-state index is 12.8. The summed E-state index contributed by atoms with van der Waals surface area (Å²) >= 11 is 3.40. The molecular weight excluding hydrogens is 558 g/mol. The van der Waals surface area contributed by atoms with E-state index in [4.69, 9.17) is 9.15 Å². The normalized spacial score (nSPS) is 14.4. The maximum Gasteiger partial charge on any atom is 0.410 e. The van der Waals surface area contributed by atoms with E-state index in [-0.39, 0.29) is 12.0 Å². The number of fused-ring (bicyclic) bond motifs is 1. The number of halogens is 1. The molecule has 2 heterocycles. The SMILES string of the molecule is CC(C)(C)OC(=O)N1CCN(Cc2ccc3oc(-c4ccccc4NC(=O)c4ccc(Br)cc4)cc3c2)CC1. The minimum Gasteiger partial charge on any atom is -0.456 e. The van der Waals surface area contributed by atoms with Crippen LogP contribution in [0.2, 0.25) is 0 Å². The second-order valence-corrected chi connectivity index (χ2v) is 11.6. The fourth-order valence-electron chi connectivity index (χ4n) is 4.60. The third kappa shape index (κ3) is 6.69. The van der Waals surface area contributed by atoms with Crippen LogP contribution < -0.4 is 5.32 Å². The largest absolute Gasteiger partial charge is 0.456 e. The van der Waals surface area contributed by atoms with Gasteiger partial charge >= 0.3 is 6.09 Å². The van der Waals surface area contributed by atoms with E-state index in [1.807, 2.05) is 69.3 Å². The van der Waals surface area contributed by atoms with Gasteiger partial charge in [-0.1, -0.05) is 34.1 Å². The average molecular weight is 591 g/mol. The Labute approximate surface area is 236 Å². The van der Waals surface area contributed by atoms with Gasteiger partial charge in [0.15, 0.2) is 0 Å². The van der Waals surface area contributed by atoms with Crippen molar-refractivity contribution in [1.29, 1.82) is 0 Å². The van der Waals surface area contributed by atoms with Crippen molar-refractivity contribution in [3.63, 3.8) is 0 Å². The molecule has 4 aromatic rings. The predicted molar refractivity (Wildman–Crippen MR) is 157 cm³/mol. The molecule has 1 aliphatic rings. The van der Waals surface area contributed by atoms with Gasteiger partial charge < -0.3 is 19.4 Å². The van der Waals surface area contributed by atoms with Gasteiger partial charge in [-0.05, 0) is 80.9 Å². The third-order valence-corrected chi connectivity index (χ3v) is 7.09. The molecule has 0 radical (unpaired) electrons. The molecule has 1 fully saturated rings. The van der Waals surface area contributed by atoms with Crippen LogP contribution in [0.5, 0.6) is 0 Å². The molecular formula is C31H32BrN3O4. The number of benzene rings is 3. The molecule has 5 rings (SSSR count). The van der Waals surface area contributed by atoms with Crippen molar-refractivity contribution in [3.8, 4) is 11.3 Å². The average Bonchev–Trinajstić information content (AvgIpc) is 3.32. The summed E-state index contributed by atoms with van der Waals surface area (Å²) in [5, 5.41) is 4.02. The summed E-state index contributed by atoms with van der Waals surface area (Å²) in [6, 6.07) is 23.1. The van der Waals surface area contributed by atoms with Gasteiger partial charge in [0.1, 0.15) is 16.9 Å². The summed E-state index contributed by atoms with van der Waals surface area (Å²) in [6.07, 6.45) is -0.247. The number of nitrogens with zero attached hydrogens (tertiary/aromatic N) is 2. The van der Waals surface area contributed by atoms with E-state index < -0.39 is 5.60 Å². The molecule has 7 nitrogen and oxygen atoms in total. The second-order valence-electron chi connectivity index (χ2n) is 10.7. The van der Waals surface area contributed by atoms with Gasteiger partial charge in [0.25, 0.3) is 5.91 Å². The number of hydrogen-bond donors (Lipinski definition) is 1. The lowest BCUT2D eigenvalue weighted by Crippen LogP contribution is -2.49. The molecule has 202 valence electrons. The number of amides is 2. The van der Waals surface area contributed by atoms with Crippen molar-refractivity contribution < 1.29 is 18.7 Å². The molecule has 0 bridgehead atoms. The molecule has 0 atom stereocenters. The van der Waals surface area contributed by atoms with E-state index in [2.05, 4.69) is 38.3 Å². The Morgan fingerprint density at radius 3 is 2.38 bits per heavy atom. The number of furan rings is 1. The highest BCUT2D eigenvalue weighted by atomic mass is 79.9. The highest BCUT2D eigenvalue weighted by Crippen LogP contribution is 2.33. The lowest BCUT2D eigenvalue weighted by Gasteiger charge is -2.35. The van der Waals surface area contributed by atoms with Crippen LogP contribution in [-0.2, 0) is 11.3 Å². The lowest BCUT2D eigenvalue weighted by molar-refractivity contribution is 0.0139. The van der Waals surface area contributed by atoms with Gasteiger partial charge in [0.05, 0.1) is 5.69 Å². The lowest BCUT2D eigenvalue weighted by atomic mass is 10.1. The first-order valence-electron chi connectivity index (χ1n) is 13.0. The fraction of sp³-hybridized carbons (Fsp3) is 0.290. The summed E-state index contributed by atoms with van der Waals surface area (Å²) in [5.41, 5.74) is 3.56. The minimum atomic E-state index is -0.487. The Morgan fingerprint density at radius 2 is 1.67 bits per heavy atom. The van der Waals surface area contributed by atoms with E-state index in [1.165, 1.54) is 5.56 Å². The van der Waals surface area contributed by atoms with Crippen molar-refractivity contribution in [2.75, 3.05) is 31.5 Å². The van der Waals surface area contributed by atoms with E-state index in [0.717, 1.165) is 40.6 Å². The van der Waals surface area contributed by atoms with Crippen molar-refractivity contribution >= 4 is 44.6 Å². The second kappa shape index (κ2) is 11.2. The molecule has 1 saturated heterocycles. The predicted octanol–water partition coefficient (Wildman–Crippen LogP) is 7.17. The first kappa shape index (κ1) is 27.0. The number of anilines is 1. The van der Waals surface area contributed by atoms with Crippen molar-refractivity contribution in [2.45, 2.75) is 32.9 Å². The zero-order valence-electron chi connectivity index (χ0n) is 22.4. The van der Waals surface area contributed by atoms with Crippen LogP contribution in [0.3, 0.4) is 0 Å². The topological polar surface area (TPSA) is 75.0 Å². The quantitative estimate of drug-likeness (QED) is 0.267. The van der Waals surface area contributed by atoms with Gasteiger partial charge in [0.2, 0.25) is 0 Å². The summed E-state index contributed by atoms with van der Waals surface area (Å²) in [6.45, 7) is 9.33. The zero-order chi connectivity index (χ0) is 27.6. The van der Waals surface area contributed by atoms with Crippen LogP contribution in [0.15, 0.2) is 81.7 Å². The van der Waals surface area contributed by atoms with E-state index in [1.54, 1.807) is 17.0 Å². The van der Waals surface area contributed by atoms with Gasteiger partial charge in [-0.15, -0.1) is 0 Å². The number of ether oxygens (including phenoxy) is 1. The summed E-state index contributed by atoms with van der Waals surface area (Å²) in [7, 11) is 0. The Morgan fingerprint density at radius 1 is 0.949 bits per heavy atom. The molecule has 1 N–H and O–H groups in total. The maximum atomic E-state index is 12.8. The van der Waals surface area contributed by atoms with Crippen molar-refractivity contribution in [3.05, 3.63) is 88.4 Å². The highest BCUT2D eigenvalue weighted by molar-refractivity contribution is 9.10. The highest BCUT2D eigenvalue weighted by Gasteiger charge is 2.26. The van der Waals surface area contributed by atoms with Crippen LogP contribution in [-0.4, -0.2) is 53.6 Å². The van der Waals surface area contributed by atoms with E-state index in [9.17, 15) is 9.59 Å². The van der Waals surface area contributed by atoms with Gasteiger partial charge in [-0.2, -0.15) is 0 Å². The first-order chi connectivity index (χ1) is 18.6. The van der Waals surface area contributed by atoms with Crippen LogP contribution >= 0.6 is 15.9 Å². The molecule has 0 unspecified atom stereocenters. The molecule has 0 spiro atoms. The van der Waals surface area contributed by atoms with Gasteiger partial charge in [-0.25, -0.2) is 4.79 Å². The Bertz CT molecular complexity index is 1480. The number of carbonyl (C=O) groups excluding carboxylic acids is 2. The van der Waals surface area contributed by atoms with E-state index >= 15 is 0 Å². The van der Waals surface area contributed by atoms with Crippen molar-refractivity contribution in [2.24, 2.45) is 0 Å². The third-order valence-electron chi connectivity index (χ3n) is 6.56. The van der Waals surface area contributed by atoms with Crippen LogP contribution in [0.25, 0.3) is 22.3 Å². The molecule has 0 aliphatic carbocycles. The Hall–Kier alpha value is -3.62. The number of nitrogens with one attached hydrogen (secondary N) is 1. The Balaban J connectivity index is 1.27. The summed E-state index contributed by atoms with van der Waals surface area (Å²) in [4.78, 5) is 29.3. The standard InChI is InChI=1S/C31H32BrN3O4/c1-31(2,3)39-30(37)35-16-14-34(15-17-35)20-21-8-13-27-23(18-21)19-28(38-27)25-6-4-5-7-26(25)33-29(36)22-9-11-24(32)12-10-22/h4-13,18-19H,14-17,20H2,1-3H3,(H,33,36). The minimum absolute atomic E-state index is 0.180. The zero-order valence-corrected chi connectivity index (χ0v) is 24.0. The summed E-state index contributed by atoms with van der Waals surface area (Å²) in [5.74, 6) is 0.514. The van der Waals surface area contributed by atoms with Gasteiger partial charge in [0, 0.05) is 53.7 Å². The molecule has 39 heavy (non-hydrogen) atoms. The van der Waals surface area contributed by atoms with Crippen molar-refractivity contribution in [1.82, 2.24) is 9.80 Å². The molecule has 0 saturated carbocycles. The van der Waals surface area contributed by atoms with Crippen LogP contribution in [0.1, 0.15) is 36.7 Å². The van der Waals surface area contributed by atoms with Crippen LogP contribution in [0.4, 0.5) is 10.5 Å². The molecule has 1 aliphatic heterocycles. The summed E-state index contributed by atoms with van der Waals surface area (Å²) < 4.78 is 12.6. The number of piperazine rings is 1. The molecule has 3 aromatic carbocycles. The molecule has 2 amide bonds. The monoisotopic (exact) mass is 589 g/mol. The van der Waals surface area contributed by atoms with Crippen LogP contribution in [0, 0.1) is 0 Å².